The second-order valence-electron chi connectivity index (χ2n) is 5.06. The van der Waals surface area contributed by atoms with E-state index in [-0.39, 0.29) is 22.7 Å². The summed E-state index contributed by atoms with van der Waals surface area (Å²) in [5.41, 5.74) is 1.44. The average Bonchev–Trinajstić information content (AvgIpc) is 2.70. The first-order valence-electron chi connectivity index (χ1n) is 6.37. The SMILES string of the molecule is C=C(C)CC(C)C(=O)NC(C)c1nc(C)c(C(=O)O)s1. The van der Waals surface area contributed by atoms with Gasteiger partial charge >= 0.3 is 5.97 Å². The highest BCUT2D eigenvalue weighted by Gasteiger charge is 2.21. The van der Waals surface area contributed by atoms with Crippen molar-refractivity contribution in [2.24, 2.45) is 5.92 Å². The number of carboxylic acids is 1. The highest BCUT2D eigenvalue weighted by Crippen LogP contribution is 2.24. The van der Waals surface area contributed by atoms with Gasteiger partial charge in [-0.25, -0.2) is 9.78 Å². The lowest BCUT2D eigenvalue weighted by Gasteiger charge is -2.15. The molecule has 0 aliphatic heterocycles. The van der Waals surface area contributed by atoms with Gasteiger partial charge in [-0.05, 0) is 27.2 Å². The minimum absolute atomic E-state index is 0.0785. The standard InChI is InChI=1S/C14H20N2O3S/c1-7(2)6-8(3)12(17)15-10(5)13-16-9(4)11(20-13)14(18)19/h8,10H,1,6H2,2-5H3,(H,15,17)(H,18,19). The highest BCUT2D eigenvalue weighted by molar-refractivity contribution is 7.13. The number of nitrogens with zero attached hydrogens (tertiary/aromatic N) is 1. The molecule has 0 aliphatic carbocycles. The Morgan fingerprint density at radius 3 is 2.50 bits per heavy atom. The zero-order valence-electron chi connectivity index (χ0n) is 12.2. The van der Waals surface area contributed by atoms with E-state index in [1.165, 1.54) is 0 Å². The van der Waals surface area contributed by atoms with E-state index in [0.29, 0.717) is 17.1 Å². The quantitative estimate of drug-likeness (QED) is 0.791. The Labute approximate surface area is 122 Å². The summed E-state index contributed by atoms with van der Waals surface area (Å²) in [7, 11) is 0. The van der Waals surface area contributed by atoms with Crippen molar-refractivity contribution in [3.8, 4) is 0 Å². The van der Waals surface area contributed by atoms with Crippen molar-refractivity contribution < 1.29 is 14.7 Å². The minimum Gasteiger partial charge on any atom is -0.477 e. The van der Waals surface area contributed by atoms with Crippen molar-refractivity contribution in [1.82, 2.24) is 10.3 Å². The van der Waals surface area contributed by atoms with Crippen LogP contribution in [-0.4, -0.2) is 22.0 Å². The fourth-order valence-electron chi connectivity index (χ4n) is 1.83. The van der Waals surface area contributed by atoms with Gasteiger partial charge in [-0.2, -0.15) is 0 Å². The molecule has 1 heterocycles. The van der Waals surface area contributed by atoms with Crippen LogP contribution in [0.5, 0.6) is 0 Å². The monoisotopic (exact) mass is 296 g/mol. The van der Waals surface area contributed by atoms with Gasteiger partial charge in [0.1, 0.15) is 9.88 Å². The van der Waals surface area contributed by atoms with Crippen molar-refractivity contribution >= 4 is 23.2 Å². The molecule has 1 aromatic rings. The number of aryl methyl sites for hydroxylation is 1. The number of nitrogens with one attached hydrogen (secondary N) is 1. The van der Waals surface area contributed by atoms with Crippen LogP contribution in [0.1, 0.15) is 53.6 Å². The average molecular weight is 296 g/mol. The van der Waals surface area contributed by atoms with Crippen LogP contribution >= 0.6 is 11.3 Å². The topological polar surface area (TPSA) is 79.3 Å². The van der Waals surface area contributed by atoms with Gasteiger partial charge in [0.25, 0.3) is 0 Å². The summed E-state index contributed by atoms with van der Waals surface area (Å²) in [5.74, 6) is -1.22. The third-order valence-electron chi connectivity index (χ3n) is 2.84. The molecule has 1 aromatic heterocycles. The summed E-state index contributed by atoms with van der Waals surface area (Å²) in [4.78, 5) is 27.4. The summed E-state index contributed by atoms with van der Waals surface area (Å²) in [6, 6.07) is -0.299. The van der Waals surface area contributed by atoms with Crippen molar-refractivity contribution in [3.63, 3.8) is 0 Å². The number of thiazole rings is 1. The normalized spacial score (nSPS) is 13.6. The number of aromatic nitrogens is 1. The largest absolute Gasteiger partial charge is 0.477 e. The van der Waals surface area contributed by atoms with Gasteiger partial charge in [0.05, 0.1) is 11.7 Å². The number of carboxylic acid groups (broad SMARTS) is 1. The van der Waals surface area contributed by atoms with Crippen molar-refractivity contribution in [2.75, 3.05) is 0 Å². The summed E-state index contributed by atoms with van der Waals surface area (Å²) < 4.78 is 0. The zero-order valence-corrected chi connectivity index (χ0v) is 13.0. The Kier molecular flexibility index (Phi) is 5.44. The van der Waals surface area contributed by atoms with Crippen LogP contribution in [0.3, 0.4) is 0 Å². The molecule has 6 heteroatoms. The van der Waals surface area contributed by atoms with Crippen LogP contribution < -0.4 is 5.32 Å². The Balaban J connectivity index is 2.73. The van der Waals surface area contributed by atoms with Crippen molar-refractivity contribution in [1.29, 1.82) is 0 Å². The number of hydrogen-bond donors (Lipinski definition) is 2. The second-order valence-corrected chi connectivity index (χ2v) is 6.09. The van der Waals surface area contributed by atoms with Gasteiger partial charge in [0.15, 0.2) is 0 Å². The molecule has 0 radical (unpaired) electrons. The van der Waals surface area contributed by atoms with Gasteiger partial charge in [-0.1, -0.05) is 12.5 Å². The predicted molar refractivity (Wildman–Crippen MR) is 79.0 cm³/mol. The summed E-state index contributed by atoms with van der Waals surface area (Å²) in [6.07, 6.45) is 0.635. The molecule has 1 rings (SSSR count). The first-order valence-corrected chi connectivity index (χ1v) is 7.19. The van der Waals surface area contributed by atoms with Gasteiger partial charge in [0.2, 0.25) is 5.91 Å². The first-order chi connectivity index (χ1) is 9.22. The minimum atomic E-state index is -0.986. The van der Waals surface area contributed by atoms with Gasteiger partial charge < -0.3 is 10.4 Å². The Bertz CT molecular complexity index is 537. The molecule has 0 fully saturated rings. The molecule has 110 valence electrons. The molecule has 1 amide bonds. The first kappa shape index (κ1) is 16.4. The molecule has 2 unspecified atom stereocenters. The molecule has 0 bridgehead atoms. The lowest BCUT2D eigenvalue weighted by atomic mass is 10.0. The molecule has 20 heavy (non-hydrogen) atoms. The van der Waals surface area contributed by atoms with E-state index in [4.69, 9.17) is 5.11 Å². The van der Waals surface area contributed by atoms with E-state index in [0.717, 1.165) is 16.9 Å². The van der Waals surface area contributed by atoms with Crippen LogP contribution in [0, 0.1) is 12.8 Å². The number of rotatable bonds is 6. The predicted octanol–water partition coefficient (Wildman–Crippen LogP) is 2.93. The number of aromatic carboxylic acids is 1. The smallest absolute Gasteiger partial charge is 0.347 e. The highest BCUT2D eigenvalue weighted by atomic mass is 32.1. The molecule has 5 nitrogen and oxygen atoms in total. The maximum absolute atomic E-state index is 12.0. The fourth-order valence-corrected chi connectivity index (χ4v) is 2.74. The molecule has 0 aromatic carbocycles. The molecule has 0 saturated carbocycles. The van der Waals surface area contributed by atoms with Crippen LogP contribution in [0.2, 0.25) is 0 Å². The number of carbonyl (C=O) groups is 2. The maximum Gasteiger partial charge on any atom is 0.347 e. The number of amides is 1. The van der Waals surface area contributed by atoms with Crippen molar-refractivity contribution in [2.45, 2.75) is 40.2 Å². The van der Waals surface area contributed by atoms with E-state index >= 15 is 0 Å². The lowest BCUT2D eigenvalue weighted by molar-refractivity contribution is -0.125. The number of carbonyl (C=O) groups excluding carboxylic acids is 1. The molecule has 0 spiro atoms. The number of allylic oxidation sites excluding steroid dienone is 1. The summed E-state index contributed by atoms with van der Waals surface area (Å²) in [6.45, 7) is 11.0. The molecule has 0 aliphatic rings. The van der Waals surface area contributed by atoms with Crippen LogP contribution in [0.25, 0.3) is 0 Å². The number of hydrogen-bond acceptors (Lipinski definition) is 4. The van der Waals surface area contributed by atoms with Gasteiger partial charge in [0, 0.05) is 5.92 Å². The van der Waals surface area contributed by atoms with Crippen LogP contribution in [0.15, 0.2) is 12.2 Å². The summed E-state index contributed by atoms with van der Waals surface area (Å²) >= 11 is 1.10. The van der Waals surface area contributed by atoms with Crippen molar-refractivity contribution in [3.05, 3.63) is 27.7 Å². The van der Waals surface area contributed by atoms with E-state index in [1.807, 2.05) is 13.8 Å². The van der Waals surface area contributed by atoms with Gasteiger partial charge in [-0.15, -0.1) is 17.9 Å². The lowest BCUT2D eigenvalue weighted by Crippen LogP contribution is -2.31. The van der Waals surface area contributed by atoms with Gasteiger partial charge in [-0.3, -0.25) is 4.79 Å². The van der Waals surface area contributed by atoms with E-state index in [9.17, 15) is 9.59 Å². The molecular formula is C14H20N2O3S. The Morgan fingerprint density at radius 2 is 2.05 bits per heavy atom. The zero-order chi connectivity index (χ0) is 15.4. The van der Waals surface area contributed by atoms with E-state index in [1.54, 1.807) is 13.8 Å². The maximum atomic E-state index is 12.0. The van der Waals surface area contributed by atoms with E-state index < -0.39 is 5.97 Å². The second kappa shape index (κ2) is 6.65. The Morgan fingerprint density at radius 1 is 1.45 bits per heavy atom. The Hall–Kier alpha value is -1.69. The third kappa shape index (κ3) is 4.16. The summed E-state index contributed by atoms with van der Waals surface area (Å²) in [5, 5.41) is 12.5. The molecular weight excluding hydrogens is 276 g/mol. The van der Waals surface area contributed by atoms with Crippen LogP contribution in [-0.2, 0) is 4.79 Å². The molecule has 0 saturated heterocycles. The fraction of sp³-hybridized carbons (Fsp3) is 0.500. The van der Waals surface area contributed by atoms with Crippen LogP contribution in [0.4, 0.5) is 0 Å². The van der Waals surface area contributed by atoms with E-state index in [2.05, 4.69) is 16.9 Å². The molecule has 2 atom stereocenters. The molecule has 2 N–H and O–H groups in total. The third-order valence-corrected chi connectivity index (χ3v) is 4.17.